The molecule has 6 heteroatoms. The fourth-order valence-electron chi connectivity index (χ4n) is 1.76. The molecule has 0 heterocycles. The minimum absolute atomic E-state index is 0.0858. The largest absolute Gasteiger partial charge is 0.396 e. The highest BCUT2D eigenvalue weighted by Gasteiger charge is 2.19. The first-order chi connectivity index (χ1) is 9.30. The maximum absolute atomic E-state index is 11.1. The first-order valence-electron chi connectivity index (χ1n) is 6.74. The Labute approximate surface area is 121 Å². The van der Waals surface area contributed by atoms with E-state index in [0.717, 1.165) is 31.5 Å². The molecule has 0 aliphatic carbocycles. The van der Waals surface area contributed by atoms with E-state index < -0.39 is 10.0 Å². The van der Waals surface area contributed by atoms with Crippen LogP contribution in [0, 0.1) is 5.41 Å². The lowest BCUT2D eigenvalue weighted by atomic mass is 9.88. The van der Waals surface area contributed by atoms with Gasteiger partial charge in [-0.05, 0) is 37.1 Å². The Hall–Kier alpha value is -0.950. The van der Waals surface area contributed by atoms with Crippen molar-refractivity contribution in [2.45, 2.75) is 31.6 Å². The third-order valence-corrected chi connectivity index (χ3v) is 4.56. The Morgan fingerprint density at radius 3 is 2.35 bits per heavy atom. The van der Waals surface area contributed by atoms with Gasteiger partial charge in [-0.2, -0.15) is 0 Å². The van der Waals surface area contributed by atoms with Gasteiger partial charge < -0.3 is 10.4 Å². The zero-order chi connectivity index (χ0) is 15.2. The quantitative estimate of drug-likeness (QED) is 0.621. The summed E-state index contributed by atoms with van der Waals surface area (Å²) in [7, 11) is -3.61. The molecule has 0 spiro atoms. The van der Waals surface area contributed by atoms with Crippen molar-refractivity contribution >= 4 is 10.0 Å². The molecule has 0 aliphatic heterocycles. The van der Waals surface area contributed by atoms with Gasteiger partial charge >= 0.3 is 0 Å². The first-order valence-corrected chi connectivity index (χ1v) is 8.29. The zero-order valence-corrected chi connectivity index (χ0v) is 12.9. The van der Waals surface area contributed by atoms with E-state index in [-0.39, 0.29) is 16.9 Å². The Balaban J connectivity index is 2.44. The number of primary sulfonamides is 1. The van der Waals surface area contributed by atoms with Gasteiger partial charge in [0, 0.05) is 18.6 Å². The number of hydrogen-bond donors (Lipinski definition) is 3. The van der Waals surface area contributed by atoms with Crippen molar-refractivity contribution in [3.05, 3.63) is 29.8 Å². The molecule has 1 unspecified atom stereocenters. The number of hydrogen-bond acceptors (Lipinski definition) is 4. The van der Waals surface area contributed by atoms with Crippen molar-refractivity contribution in [3.63, 3.8) is 0 Å². The number of sulfonamides is 1. The average molecular weight is 300 g/mol. The second-order valence-corrected chi connectivity index (χ2v) is 7.00. The van der Waals surface area contributed by atoms with Gasteiger partial charge in [-0.25, -0.2) is 13.6 Å². The Morgan fingerprint density at radius 2 is 1.90 bits per heavy atom. The molecule has 0 saturated carbocycles. The lowest BCUT2D eigenvalue weighted by molar-refractivity contribution is 0.136. The fraction of sp³-hybridized carbons (Fsp3) is 0.571. The van der Waals surface area contributed by atoms with E-state index in [2.05, 4.69) is 12.2 Å². The van der Waals surface area contributed by atoms with Crippen LogP contribution in [0.15, 0.2) is 29.2 Å². The van der Waals surface area contributed by atoms with E-state index in [9.17, 15) is 13.5 Å². The number of benzene rings is 1. The molecule has 0 fully saturated rings. The fourth-order valence-corrected chi connectivity index (χ4v) is 2.28. The first kappa shape index (κ1) is 17.1. The summed E-state index contributed by atoms with van der Waals surface area (Å²) in [6, 6.07) is 6.59. The van der Waals surface area contributed by atoms with Crippen molar-refractivity contribution < 1.29 is 13.5 Å². The molecule has 5 nitrogen and oxygen atoms in total. The molecule has 1 rings (SSSR count). The molecule has 114 valence electrons. The van der Waals surface area contributed by atoms with Crippen molar-refractivity contribution in [2.75, 3.05) is 19.7 Å². The predicted molar refractivity (Wildman–Crippen MR) is 79.9 cm³/mol. The van der Waals surface area contributed by atoms with Crippen LogP contribution < -0.4 is 10.5 Å². The molecule has 0 aliphatic rings. The number of nitrogens with two attached hydrogens (primary N) is 1. The van der Waals surface area contributed by atoms with E-state index in [1.807, 2.05) is 6.92 Å². The highest BCUT2D eigenvalue weighted by atomic mass is 32.2. The van der Waals surface area contributed by atoms with Crippen LogP contribution in [0.5, 0.6) is 0 Å². The lowest BCUT2D eigenvalue weighted by Gasteiger charge is -2.25. The SMILES string of the molecule is CCC(C)(CO)CNCCc1ccc(S(N)(=O)=O)cc1. The number of aliphatic hydroxyl groups excluding tert-OH is 1. The van der Waals surface area contributed by atoms with Crippen molar-refractivity contribution in [1.29, 1.82) is 0 Å². The van der Waals surface area contributed by atoms with Crippen molar-refractivity contribution in [2.24, 2.45) is 10.6 Å². The maximum atomic E-state index is 11.1. The maximum Gasteiger partial charge on any atom is 0.238 e. The lowest BCUT2D eigenvalue weighted by Crippen LogP contribution is -2.35. The summed E-state index contributed by atoms with van der Waals surface area (Å²) in [5.74, 6) is 0. The summed E-state index contributed by atoms with van der Waals surface area (Å²) < 4.78 is 22.2. The van der Waals surface area contributed by atoms with Crippen LogP contribution >= 0.6 is 0 Å². The molecule has 1 aromatic rings. The van der Waals surface area contributed by atoms with Crippen LogP contribution in [0.3, 0.4) is 0 Å². The van der Waals surface area contributed by atoms with Gasteiger partial charge in [-0.3, -0.25) is 0 Å². The van der Waals surface area contributed by atoms with Crippen LogP contribution in [-0.4, -0.2) is 33.2 Å². The van der Waals surface area contributed by atoms with Gasteiger partial charge in [0.2, 0.25) is 10.0 Å². The van der Waals surface area contributed by atoms with Gasteiger partial charge in [0.25, 0.3) is 0 Å². The molecule has 1 atom stereocenters. The minimum Gasteiger partial charge on any atom is -0.396 e. The molecule has 20 heavy (non-hydrogen) atoms. The van der Waals surface area contributed by atoms with E-state index in [1.165, 1.54) is 12.1 Å². The summed E-state index contributed by atoms with van der Waals surface area (Å²) in [4.78, 5) is 0.132. The summed E-state index contributed by atoms with van der Waals surface area (Å²) >= 11 is 0. The summed E-state index contributed by atoms with van der Waals surface area (Å²) in [6.45, 7) is 5.81. The van der Waals surface area contributed by atoms with Gasteiger partial charge in [0.05, 0.1) is 4.90 Å². The van der Waals surface area contributed by atoms with E-state index in [4.69, 9.17) is 5.14 Å². The van der Waals surface area contributed by atoms with Crippen LogP contribution in [0.4, 0.5) is 0 Å². The normalized spacial score (nSPS) is 15.0. The second-order valence-electron chi connectivity index (χ2n) is 5.44. The van der Waals surface area contributed by atoms with E-state index in [1.54, 1.807) is 12.1 Å². The minimum atomic E-state index is -3.61. The zero-order valence-electron chi connectivity index (χ0n) is 12.1. The van der Waals surface area contributed by atoms with Gasteiger partial charge in [0.1, 0.15) is 0 Å². The van der Waals surface area contributed by atoms with E-state index in [0.29, 0.717) is 0 Å². The molecule has 4 N–H and O–H groups in total. The smallest absolute Gasteiger partial charge is 0.238 e. The molecular weight excluding hydrogens is 276 g/mol. The summed E-state index contributed by atoms with van der Waals surface area (Å²) in [5.41, 5.74) is 0.962. The second kappa shape index (κ2) is 7.17. The standard InChI is InChI=1S/C14H24N2O3S/c1-3-14(2,11-17)10-16-9-8-12-4-6-13(7-5-12)20(15,18)19/h4-7,16-17H,3,8-11H2,1-2H3,(H2,15,18,19). The Bertz CT molecular complexity index is 508. The van der Waals surface area contributed by atoms with Crippen LogP contribution in [0.25, 0.3) is 0 Å². The van der Waals surface area contributed by atoms with Crippen molar-refractivity contribution in [1.82, 2.24) is 5.32 Å². The predicted octanol–water partition coefficient (Wildman–Crippen LogP) is 0.875. The molecule has 0 saturated heterocycles. The molecule has 0 amide bonds. The summed E-state index contributed by atoms with van der Waals surface area (Å²) in [5, 5.41) is 17.7. The van der Waals surface area contributed by atoms with Gasteiger partial charge in [0.15, 0.2) is 0 Å². The monoisotopic (exact) mass is 300 g/mol. The Morgan fingerprint density at radius 1 is 1.30 bits per heavy atom. The van der Waals surface area contributed by atoms with E-state index >= 15 is 0 Å². The molecule has 0 aromatic heterocycles. The number of rotatable bonds is 8. The summed E-state index contributed by atoms with van der Waals surface area (Å²) in [6.07, 6.45) is 1.72. The molecule has 0 bridgehead atoms. The van der Waals surface area contributed by atoms with Crippen LogP contribution in [-0.2, 0) is 16.4 Å². The molecule has 1 aromatic carbocycles. The van der Waals surface area contributed by atoms with Gasteiger partial charge in [-0.1, -0.05) is 26.0 Å². The third kappa shape index (κ3) is 5.20. The highest BCUT2D eigenvalue weighted by molar-refractivity contribution is 7.89. The third-order valence-electron chi connectivity index (χ3n) is 3.63. The number of aliphatic hydroxyl groups is 1. The van der Waals surface area contributed by atoms with Crippen molar-refractivity contribution in [3.8, 4) is 0 Å². The average Bonchev–Trinajstić information content (AvgIpc) is 2.43. The highest BCUT2D eigenvalue weighted by Crippen LogP contribution is 2.18. The van der Waals surface area contributed by atoms with Gasteiger partial charge in [-0.15, -0.1) is 0 Å². The van der Waals surface area contributed by atoms with Crippen LogP contribution in [0.1, 0.15) is 25.8 Å². The Kier molecular flexibility index (Phi) is 6.13. The number of nitrogens with one attached hydrogen (secondary N) is 1. The van der Waals surface area contributed by atoms with Crippen LogP contribution in [0.2, 0.25) is 0 Å². The molecular formula is C14H24N2O3S. The topological polar surface area (TPSA) is 92.4 Å². The molecule has 0 radical (unpaired) electrons.